The SMILES string of the molecule is Cc1cccc(C)c1OCc1cc(Oc2c(F)c(F)c(F)c(F)c2F)ccc1CCl. The summed E-state index contributed by atoms with van der Waals surface area (Å²) in [6.45, 7) is 3.82. The fourth-order valence-corrected chi connectivity index (χ4v) is 3.16. The number of hydrogen-bond donors (Lipinski definition) is 0. The maximum Gasteiger partial charge on any atom is 0.207 e. The van der Waals surface area contributed by atoms with Crippen LogP contribution in [0.25, 0.3) is 0 Å². The monoisotopic (exact) mass is 442 g/mol. The third-order valence-electron chi connectivity index (χ3n) is 4.49. The lowest BCUT2D eigenvalue weighted by Gasteiger charge is -2.15. The number of para-hydroxylation sites is 1. The van der Waals surface area contributed by atoms with Crippen LogP contribution in [-0.2, 0) is 12.5 Å². The number of alkyl halides is 1. The van der Waals surface area contributed by atoms with Crippen molar-refractivity contribution in [2.75, 3.05) is 0 Å². The van der Waals surface area contributed by atoms with Crippen molar-refractivity contribution >= 4 is 11.6 Å². The number of aryl methyl sites for hydroxylation is 2. The first-order chi connectivity index (χ1) is 14.2. The van der Waals surface area contributed by atoms with Gasteiger partial charge in [0.05, 0.1) is 0 Å². The molecule has 0 heterocycles. The maximum absolute atomic E-state index is 13.9. The van der Waals surface area contributed by atoms with Gasteiger partial charge in [-0.2, -0.15) is 8.78 Å². The molecule has 0 bridgehead atoms. The van der Waals surface area contributed by atoms with E-state index in [1.807, 2.05) is 32.0 Å². The lowest BCUT2D eigenvalue weighted by atomic mass is 10.1. The van der Waals surface area contributed by atoms with Gasteiger partial charge in [-0.3, -0.25) is 0 Å². The average Bonchev–Trinajstić information content (AvgIpc) is 2.73. The van der Waals surface area contributed by atoms with Crippen LogP contribution in [0.3, 0.4) is 0 Å². The van der Waals surface area contributed by atoms with Crippen LogP contribution >= 0.6 is 11.6 Å². The Kier molecular flexibility index (Phi) is 6.51. The standard InChI is InChI=1S/C22H16ClF5O2/c1-11-4-3-5-12(2)21(11)29-10-14-8-15(7-6-13(14)9-23)30-22-19(27)17(25)16(24)18(26)20(22)28/h3-8H,9-10H2,1-2H3. The first kappa shape index (κ1) is 21.9. The molecule has 158 valence electrons. The van der Waals surface area contributed by atoms with Crippen molar-refractivity contribution in [2.45, 2.75) is 26.3 Å². The number of hydrogen-bond acceptors (Lipinski definition) is 2. The molecule has 0 aliphatic rings. The minimum Gasteiger partial charge on any atom is -0.488 e. The van der Waals surface area contributed by atoms with Crippen molar-refractivity contribution in [1.82, 2.24) is 0 Å². The molecular weight excluding hydrogens is 427 g/mol. The largest absolute Gasteiger partial charge is 0.488 e. The Morgan fingerprint density at radius 1 is 0.733 bits per heavy atom. The fraction of sp³-hybridized carbons (Fsp3) is 0.182. The molecule has 0 aliphatic carbocycles. The maximum atomic E-state index is 13.9. The number of halogens is 6. The van der Waals surface area contributed by atoms with E-state index in [1.54, 1.807) is 0 Å². The van der Waals surface area contributed by atoms with Gasteiger partial charge in [-0.1, -0.05) is 24.3 Å². The van der Waals surface area contributed by atoms with Crippen LogP contribution in [0.2, 0.25) is 0 Å². The highest BCUT2D eigenvalue weighted by Crippen LogP contribution is 2.34. The van der Waals surface area contributed by atoms with Crippen molar-refractivity contribution in [1.29, 1.82) is 0 Å². The van der Waals surface area contributed by atoms with Crippen LogP contribution in [0, 0.1) is 42.9 Å². The lowest BCUT2D eigenvalue weighted by Crippen LogP contribution is -2.05. The highest BCUT2D eigenvalue weighted by Gasteiger charge is 2.27. The molecule has 0 N–H and O–H groups in total. The van der Waals surface area contributed by atoms with Gasteiger partial charge in [0.15, 0.2) is 0 Å². The zero-order chi connectivity index (χ0) is 22.0. The highest BCUT2D eigenvalue weighted by atomic mass is 35.5. The normalized spacial score (nSPS) is 10.9. The van der Waals surface area contributed by atoms with Gasteiger partial charge in [-0.05, 0) is 48.2 Å². The molecule has 0 amide bonds. The predicted molar refractivity (Wildman–Crippen MR) is 103 cm³/mol. The first-order valence-electron chi connectivity index (χ1n) is 8.80. The van der Waals surface area contributed by atoms with Gasteiger partial charge >= 0.3 is 0 Å². The fourth-order valence-electron chi connectivity index (χ4n) is 2.90. The van der Waals surface area contributed by atoms with Crippen molar-refractivity contribution in [3.63, 3.8) is 0 Å². The van der Waals surface area contributed by atoms with Gasteiger partial charge in [0.1, 0.15) is 18.1 Å². The van der Waals surface area contributed by atoms with Crippen LogP contribution in [0.4, 0.5) is 22.0 Å². The van der Waals surface area contributed by atoms with Crippen LogP contribution in [-0.4, -0.2) is 0 Å². The summed E-state index contributed by atoms with van der Waals surface area (Å²) in [5, 5.41) is 0. The van der Waals surface area contributed by atoms with E-state index in [4.69, 9.17) is 21.1 Å². The quantitative estimate of drug-likeness (QED) is 0.175. The average molecular weight is 443 g/mol. The molecule has 0 atom stereocenters. The molecule has 0 aliphatic heterocycles. The van der Waals surface area contributed by atoms with Crippen molar-refractivity contribution < 1.29 is 31.4 Å². The van der Waals surface area contributed by atoms with Gasteiger partial charge in [0.2, 0.25) is 34.8 Å². The van der Waals surface area contributed by atoms with E-state index in [0.29, 0.717) is 16.9 Å². The Bertz CT molecular complexity index is 1050. The molecule has 3 aromatic carbocycles. The van der Waals surface area contributed by atoms with E-state index in [-0.39, 0.29) is 18.2 Å². The van der Waals surface area contributed by atoms with E-state index in [0.717, 1.165) is 11.1 Å². The Labute approximate surface area is 174 Å². The highest BCUT2D eigenvalue weighted by molar-refractivity contribution is 6.17. The number of ether oxygens (including phenoxy) is 2. The molecule has 3 rings (SSSR count). The smallest absolute Gasteiger partial charge is 0.207 e. The van der Waals surface area contributed by atoms with E-state index in [1.165, 1.54) is 18.2 Å². The molecular formula is C22H16ClF5O2. The van der Waals surface area contributed by atoms with Gasteiger partial charge in [-0.25, -0.2) is 13.2 Å². The summed E-state index contributed by atoms with van der Waals surface area (Å²) in [5.74, 6) is -11.3. The van der Waals surface area contributed by atoms with Gasteiger partial charge in [-0.15, -0.1) is 11.6 Å². The number of benzene rings is 3. The lowest BCUT2D eigenvalue weighted by molar-refractivity contribution is 0.299. The van der Waals surface area contributed by atoms with E-state index >= 15 is 0 Å². The molecule has 0 unspecified atom stereocenters. The zero-order valence-electron chi connectivity index (χ0n) is 16.0. The van der Waals surface area contributed by atoms with Crippen molar-refractivity contribution in [3.8, 4) is 17.2 Å². The van der Waals surface area contributed by atoms with Crippen LogP contribution in [0.5, 0.6) is 17.2 Å². The van der Waals surface area contributed by atoms with Gasteiger partial charge in [0.25, 0.3) is 0 Å². The third-order valence-corrected chi connectivity index (χ3v) is 4.78. The Morgan fingerprint density at radius 3 is 1.87 bits per heavy atom. The second kappa shape index (κ2) is 8.92. The van der Waals surface area contributed by atoms with Crippen LogP contribution in [0.15, 0.2) is 36.4 Å². The summed E-state index contributed by atoms with van der Waals surface area (Å²) in [5.41, 5.74) is 3.02. The summed E-state index contributed by atoms with van der Waals surface area (Å²) in [4.78, 5) is 0. The second-order valence-corrected chi connectivity index (χ2v) is 6.84. The molecule has 0 saturated heterocycles. The Morgan fingerprint density at radius 2 is 1.30 bits per heavy atom. The van der Waals surface area contributed by atoms with E-state index < -0.39 is 34.8 Å². The molecule has 0 spiro atoms. The summed E-state index contributed by atoms with van der Waals surface area (Å²) in [6.07, 6.45) is 0. The van der Waals surface area contributed by atoms with Crippen LogP contribution < -0.4 is 9.47 Å². The molecule has 0 fully saturated rings. The minimum absolute atomic E-state index is 0.0576. The molecule has 2 nitrogen and oxygen atoms in total. The predicted octanol–water partition coefficient (Wildman–Crippen LogP) is 7.11. The van der Waals surface area contributed by atoms with E-state index in [2.05, 4.69) is 0 Å². The topological polar surface area (TPSA) is 18.5 Å². The second-order valence-electron chi connectivity index (χ2n) is 6.57. The summed E-state index contributed by atoms with van der Waals surface area (Å²) >= 11 is 5.94. The molecule has 0 aromatic heterocycles. The first-order valence-corrected chi connectivity index (χ1v) is 9.34. The third kappa shape index (κ3) is 4.21. The Balaban J connectivity index is 1.92. The summed E-state index contributed by atoms with van der Waals surface area (Å²) in [7, 11) is 0. The summed E-state index contributed by atoms with van der Waals surface area (Å²) < 4.78 is 78.7. The van der Waals surface area contributed by atoms with Crippen molar-refractivity contribution in [3.05, 3.63) is 87.7 Å². The minimum atomic E-state index is -2.25. The van der Waals surface area contributed by atoms with Gasteiger partial charge in [0, 0.05) is 5.88 Å². The molecule has 8 heteroatoms. The number of rotatable bonds is 6. The zero-order valence-corrected chi connectivity index (χ0v) is 16.7. The van der Waals surface area contributed by atoms with Crippen molar-refractivity contribution in [2.24, 2.45) is 0 Å². The Hall–Kier alpha value is -2.80. The van der Waals surface area contributed by atoms with Gasteiger partial charge < -0.3 is 9.47 Å². The molecule has 30 heavy (non-hydrogen) atoms. The van der Waals surface area contributed by atoms with E-state index in [9.17, 15) is 22.0 Å². The molecule has 0 radical (unpaired) electrons. The molecule has 0 saturated carbocycles. The van der Waals surface area contributed by atoms with Crippen LogP contribution in [0.1, 0.15) is 22.3 Å². The summed E-state index contributed by atoms with van der Waals surface area (Å²) in [6, 6.07) is 9.88. The molecule has 3 aromatic rings.